The predicted molar refractivity (Wildman–Crippen MR) is 90.5 cm³/mol. The number of carbonyl (C=O) groups is 1. The van der Waals surface area contributed by atoms with Crippen molar-refractivity contribution in [2.75, 3.05) is 86.2 Å². The van der Waals surface area contributed by atoms with Gasteiger partial charge in [-0.05, 0) is 19.9 Å². The molecule has 6 nitrogen and oxygen atoms in total. The second-order valence-electron chi connectivity index (χ2n) is 7.67. The first-order valence-electron chi connectivity index (χ1n) is 9.00. The Balaban J connectivity index is 1.37. The molecule has 0 spiro atoms. The van der Waals surface area contributed by atoms with Crippen molar-refractivity contribution >= 4 is 5.91 Å². The van der Waals surface area contributed by atoms with Gasteiger partial charge in [0.2, 0.25) is 5.91 Å². The molecule has 3 rings (SSSR count). The van der Waals surface area contributed by atoms with Crippen LogP contribution >= 0.6 is 0 Å². The van der Waals surface area contributed by atoms with Gasteiger partial charge in [0.25, 0.3) is 0 Å². The second kappa shape index (κ2) is 7.47. The number of likely N-dealkylation sites (N-methyl/N-ethyl adjacent to an activating group) is 1. The Bertz CT molecular complexity index is 397. The fraction of sp³-hybridized carbons (Fsp3) is 0.941. The van der Waals surface area contributed by atoms with E-state index in [1.807, 2.05) is 0 Å². The summed E-state index contributed by atoms with van der Waals surface area (Å²) in [5.74, 6) is 0.312. The lowest BCUT2D eigenvalue weighted by Gasteiger charge is -2.38. The number of nitrogens with zero attached hydrogens (tertiary/aromatic N) is 4. The second-order valence-corrected chi connectivity index (χ2v) is 7.67. The quantitative estimate of drug-likeness (QED) is 0.677. The molecule has 0 bridgehead atoms. The maximum atomic E-state index is 12.5. The molecule has 6 heteroatoms. The monoisotopic (exact) mass is 324 g/mol. The van der Waals surface area contributed by atoms with Gasteiger partial charge in [-0.25, -0.2) is 0 Å². The molecular formula is C17H32N4O2. The number of rotatable bonds is 6. The lowest BCUT2D eigenvalue weighted by atomic mass is 10.1. The third-order valence-corrected chi connectivity index (χ3v) is 5.65. The van der Waals surface area contributed by atoms with Crippen molar-refractivity contribution < 1.29 is 9.53 Å². The van der Waals surface area contributed by atoms with Crippen LogP contribution in [0.5, 0.6) is 0 Å². The van der Waals surface area contributed by atoms with Crippen LogP contribution in [0.25, 0.3) is 0 Å². The average molecular weight is 324 g/mol. The summed E-state index contributed by atoms with van der Waals surface area (Å²) in [6.45, 7) is 10.6. The molecule has 1 saturated carbocycles. The maximum Gasteiger partial charge on any atom is 0.236 e. The van der Waals surface area contributed by atoms with Crippen LogP contribution in [0.3, 0.4) is 0 Å². The molecule has 0 aromatic heterocycles. The van der Waals surface area contributed by atoms with Crippen molar-refractivity contribution in [1.29, 1.82) is 0 Å². The van der Waals surface area contributed by atoms with Crippen LogP contribution in [0, 0.1) is 5.41 Å². The Labute approximate surface area is 140 Å². The summed E-state index contributed by atoms with van der Waals surface area (Å²) in [4.78, 5) is 21.7. The van der Waals surface area contributed by atoms with E-state index in [2.05, 4.69) is 26.6 Å². The van der Waals surface area contributed by atoms with Crippen LogP contribution in [-0.2, 0) is 9.53 Å². The largest absolute Gasteiger partial charge is 0.384 e. The van der Waals surface area contributed by atoms with Crippen molar-refractivity contribution in [3.05, 3.63) is 0 Å². The van der Waals surface area contributed by atoms with Crippen LogP contribution in [0.2, 0.25) is 0 Å². The molecule has 0 unspecified atom stereocenters. The van der Waals surface area contributed by atoms with Gasteiger partial charge >= 0.3 is 0 Å². The molecule has 132 valence electrons. The van der Waals surface area contributed by atoms with Gasteiger partial charge in [0.1, 0.15) is 0 Å². The van der Waals surface area contributed by atoms with Crippen molar-refractivity contribution in [2.45, 2.75) is 12.8 Å². The minimum absolute atomic E-state index is 0.312. The highest BCUT2D eigenvalue weighted by Gasteiger charge is 2.44. The van der Waals surface area contributed by atoms with Gasteiger partial charge in [-0.2, -0.15) is 0 Å². The fourth-order valence-electron chi connectivity index (χ4n) is 3.76. The van der Waals surface area contributed by atoms with Crippen molar-refractivity contribution in [3.8, 4) is 0 Å². The Morgan fingerprint density at radius 2 is 1.57 bits per heavy atom. The average Bonchev–Trinajstić information content (AvgIpc) is 3.30. The van der Waals surface area contributed by atoms with Gasteiger partial charge in [0.15, 0.2) is 0 Å². The maximum absolute atomic E-state index is 12.5. The minimum Gasteiger partial charge on any atom is -0.384 e. The normalized spacial score (nSPS) is 26.4. The van der Waals surface area contributed by atoms with E-state index in [-0.39, 0.29) is 0 Å². The van der Waals surface area contributed by atoms with Gasteiger partial charge < -0.3 is 14.5 Å². The zero-order valence-electron chi connectivity index (χ0n) is 14.8. The van der Waals surface area contributed by atoms with E-state index >= 15 is 0 Å². The molecule has 0 N–H and O–H groups in total. The molecule has 0 radical (unpaired) electrons. The van der Waals surface area contributed by atoms with E-state index in [1.165, 1.54) is 12.8 Å². The number of carbonyl (C=O) groups excluding carboxylic acids is 1. The van der Waals surface area contributed by atoms with Gasteiger partial charge in [-0.3, -0.25) is 14.6 Å². The SMILES string of the molecule is COCC1(CN2CCN(C(=O)CN3CCN(C)CC3)CC2)CC1. The van der Waals surface area contributed by atoms with Crippen LogP contribution in [0.1, 0.15) is 12.8 Å². The number of amides is 1. The molecule has 2 aliphatic heterocycles. The molecule has 0 aromatic carbocycles. The molecule has 3 aliphatic rings. The van der Waals surface area contributed by atoms with Crippen LogP contribution in [0.15, 0.2) is 0 Å². The lowest BCUT2D eigenvalue weighted by molar-refractivity contribution is -0.134. The van der Waals surface area contributed by atoms with Crippen molar-refractivity contribution in [2.24, 2.45) is 5.41 Å². The Morgan fingerprint density at radius 1 is 0.957 bits per heavy atom. The highest BCUT2D eigenvalue weighted by atomic mass is 16.5. The Morgan fingerprint density at radius 3 is 2.13 bits per heavy atom. The molecule has 0 aromatic rings. The molecule has 2 saturated heterocycles. The smallest absolute Gasteiger partial charge is 0.236 e. The third-order valence-electron chi connectivity index (χ3n) is 5.65. The number of ether oxygens (including phenoxy) is 1. The number of methoxy groups -OCH3 is 1. The summed E-state index contributed by atoms with van der Waals surface area (Å²) < 4.78 is 5.36. The summed E-state index contributed by atoms with van der Waals surface area (Å²) in [6, 6.07) is 0. The highest BCUT2D eigenvalue weighted by molar-refractivity contribution is 5.78. The molecule has 3 fully saturated rings. The van der Waals surface area contributed by atoms with Gasteiger partial charge in [-0.1, -0.05) is 0 Å². The Kier molecular flexibility index (Phi) is 5.57. The molecule has 1 amide bonds. The van der Waals surface area contributed by atoms with Gasteiger partial charge in [0, 0.05) is 71.4 Å². The number of hydrogen-bond donors (Lipinski definition) is 0. The van der Waals surface area contributed by atoms with E-state index < -0.39 is 0 Å². The van der Waals surface area contributed by atoms with Crippen molar-refractivity contribution in [1.82, 2.24) is 19.6 Å². The van der Waals surface area contributed by atoms with Gasteiger partial charge in [0.05, 0.1) is 13.2 Å². The summed E-state index contributed by atoms with van der Waals surface area (Å²) >= 11 is 0. The fourth-order valence-corrected chi connectivity index (χ4v) is 3.76. The van der Waals surface area contributed by atoms with E-state index in [4.69, 9.17) is 4.74 Å². The van der Waals surface area contributed by atoms with Gasteiger partial charge in [-0.15, -0.1) is 0 Å². The molecule has 2 heterocycles. The van der Waals surface area contributed by atoms with Crippen LogP contribution in [-0.4, -0.2) is 112 Å². The predicted octanol–water partition coefficient (Wildman–Crippen LogP) is -0.195. The molecular weight excluding hydrogens is 292 g/mol. The molecule has 1 aliphatic carbocycles. The number of piperazine rings is 2. The summed E-state index contributed by atoms with van der Waals surface area (Å²) in [7, 11) is 3.95. The van der Waals surface area contributed by atoms with Crippen molar-refractivity contribution in [3.63, 3.8) is 0 Å². The highest BCUT2D eigenvalue weighted by Crippen LogP contribution is 2.46. The van der Waals surface area contributed by atoms with E-state index in [1.54, 1.807) is 7.11 Å². The number of hydrogen-bond acceptors (Lipinski definition) is 5. The minimum atomic E-state index is 0.312. The summed E-state index contributed by atoms with van der Waals surface area (Å²) in [5.41, 5.74) is 0.417. The van der Waals surface area contributed by atoms with Crippen LogP contribution < -0.4 is 0 Å². The Hall–Kier alpha value is -0.690. The van der Waals surface area contributed by atoms with E-state index in [0.29, 0.717) is 17.9 Å². The van der Waals surface area contributed by atoms with E-state index in [9.17, 15) is 4.79 Å². The summed E-state index contributed by atoms with van der Waals surface area (Å²) in [6.07, 6.45) is 2.59. The first-order chi connectivity index (χ1) is 11.1. The molecule has 0 atom stereocenters. The molecule has 23 heavy (non-hydrogen) atoms. The first kappa shape index (κ1) is 17.1. The van der Waals surface area contributed by atoms with Crippen LogP contribution in [0.4, 0.5) is 0 Å². The lowest BCUT2D eigenvalue weighted by Crippen LogP contribution is -2.54. The first-order valence-corrected chi connectivity index (χ1v) is 9.00. The van der Waals surface area contributed by atoms with E-state index in [0.717, 1.165) is 65.5 Å². The third kappa shape index (κ3) is 4.66. The topological polar surface area (TPSA) is 39.3 Å². The zero-order valence-corrected chi connectivity index (χ0v) is 14.8. The summed E-state index contributed by atoms with van der Waals surface area (Å²) in [5, 5.41) is 0. The standard InChI is InChI=1S/C17H32N4O2/c1-18-5-7-19(8-6-18)13-16(22)21-11-9-20(10-12-21)14-17(3-4-17)15-23-2/h3-15H2,1-2H3. The zero-order chi connectivity index (χ0) is 16.3.